The first-order chi connectivity index (χ1) is 9.02. The van der Waals surface area contributed by atoms with Crippen LogP contribution in [0.25, 0.3) is 0 Å². The number of hydrogen-bond donors (Lipinski definition) is 1. The summed E-state index contributed by atoms with van der Waals surface area (Å²) in [4.78, 5) is 0. The van der Waals surface area contributed by atoms with Crippen LogP contribution in [0.15, 0.2) is 22.7 Å². The Morgan fingerprint density at radius 2 is 2.26 bits per heavy atom. The molecule has 1 fully saturated rings. The molecule has 0 amide bonds. The number of rotatable bonds is 4. The van der Waals surface area contributed by atoms with Crippen molar-refractivity contribution in [3.05, 3.63) is 28.2 Å². The van der Waals surface area contributed by atoms with Gasteiger partial charge in [0.15, 0.2) is 9.84 Å². The van der Waals surface area contributed by atoms with Crippen LogP contribution in [0.1, 0.15) is 18.4 Å². The molecule has 106 valence electrons. The number of nitrogens with one attached hydrogen (secondary N) is 1. The van der Waals surface area contributed by atoms with E-state index in [-0.39, 0.29) is 11.8 Å². The minimum Gasteiger partial charge on any atom is -0.381 e. The van der Waals surface area contributed by atoms with Crippen molar-refractivity contribution in [3.8, 4) is 0 Å². The molecule has 1 heterocycles. The Morgan fingerprint density at radius 3 is 2.95 bits per heavy atom. The van der Waals surface area contributed by atoms with Crippen LogP contribution in [-0.2, 0) is 21.2 Å². The molecule has 1 aromatic carbocycles. The van der Waals surface area contributed by atoms with Gasteiger partial charge in [-0.3, -0.25) is 0 Å². The van der Waals surface area contributed by atoms with Crippen LogP contribution < -0.4 is 5.32 Å². The second kappa shape index (κ2) is 6.24. The topological polar surface area (TPSA) is 55.4 Å². The molecule has 0 spiro atoms. The molecule has 0 bridgehead atoms. The summed E-state index contributed by atoms with van der Waals surface area (Å²) >= 11 is 3.50. The van der Waals surface area contributed by atoms with Crippen molar-refractivity contribution < 1.29 is 13.2 Å². The van der Waals surface area contributed by atoms with Crippen LogP contribution in [0.5, 0.6) is 0 Å². The van der Waals surface area contributed by atoms with Crippen molar-refractivity contribution in [1.82, 2.24) is 0 Å². The van der Waals surface area contributed by atoms with Crippen LogP contribution >= 0.6 is 15.9 Å². The predicted octanol–water partition coefficient (Wildman–Crippen LogP) is 2.58. The highest BCUT2D eigenvalue weighted by Crippen LogP contribution is 2.27. The molecule has 6 heteroatoms. The smallest absolute Gasteiger partial charge is 0.152 e. The Hall–Kier alpha value is -0.590. The summed E-state index contributed by atoms with van der Waals surface area (Å²) in [5, 5.41) is 3.34. The fourth-order valence-corrected chi connectivity index (χ4v) is 4.46. The lowest BCUT2D eigenvalue weighted by molar-refractivity contribution is 0.185. The highest BCUT2D eigenvalue weighted by molar-refractivity contribution is 9.10. The summed E-state index contributed by atoms with van der Waals surface area (Å²) in [7, 11) is -1.25. The third-order valence-electron chi connectivity index (χ3n) is 3.23. The van der Waals surface area contributed by atoms with Crippen LogP contribution in [0.2, 0.25) is 0 Å². The zero-order valence-corrected chi connectivity index (χ0v) is 13.3. The molecule has 0 radical (unpaired) electrons. The molecule has 1 saturated heterocycles. The largest absolute Gasteiger partial charge is 0.381 e. The molecule has 1 unspecified atom stereocenters. The molecule has 1 aliphatic heterocycles. The standard InChI is InChI=1S/C13H18BrNO3S/c1-18-8-11-12(14)5-2-6-13(11)15-10-4-3-7-19(16,17)9-10/h2,5-6,10,15H,3-4,7-9H2,1H3. The van der Waals surface area contributed by atoms with E-state index >= 15 is 0 Å². The van der Waals surface area contributed by atoms with Crippen LogP contribution in [0, 0.1) is 0 Å². The van der Waals surface area contributed by atoms with E-state index in [0.717, 1.165) is 28.6 Å². The van der Waals surface area contributed by atoms with Crippen molar-refractivity contribution in [3.63, 3.8) is 0 Å². The zero-order valence-electron chi connectivity index (χ0n) is 10.9. The van der Waals surface area contributed by atoms with Gasteiger partial charge in [-0.2, -0.15) is 0 Å². The highest BCUT2D eigenvalue weighted by atomic mass is 79.9. The lowest BCUT2D eigenvalue weighted by Crippen LogP contribution is -2.35. The SMILES string of the molecule is COCc1c(Br)cccc1NC1CCCS(=O)(=O)C1. The Balaban J connectivity index is 2.16. The van der Waals surface area contributed by atoms with Gasteiger partial charge in [0, 0.05) is 28.9 Å². The van der Waals surface area contributed by atoms with E-state index in [1.165, 1.54) is 0 Å². The van der Waals surface area contributed by atoms with Gasteiger partial charge >= 0.3 is 0 Å². The van der Waals surface area contributed by atoms with E-state index in [4.69, 9.17) is 4.74 Å². The molecule has 4 nitrogen and oxygen atoms in total. The molecule has 1 aromatic rings. The Labute approximate surface area is 122 Å². The number of benzene rings is 1. The lowest BCUT2D eigenvalue weighted by Gasteiger charge is -2.25. The average molecular weight is 348 g/mol. The number of hydrogen-bond acceptors (Lipinski definition) is 4. The average Bonchev–Trinajstić information content (AvgIpc) is 2.32. The quantitative estimate of drug-likeness (QED) is 0.909. The molecule has 0 saturated carbocycles. The maximum atomic E-state index is 11.7. The van der Waals surface area contributed by atoms with Crippen molar-refractivity contribution >= 4 is 31.5 Å². The first-order valence-electron chi connectivity index (χ1n) is 6.25. The minimum atomic E-state index is -2.89. The molecule has 0 aliphatic carbocycles. The third kappa shape index (κ3) is 3.94. The molecule has 1 aliphatic rings. The van der Waals surface area contributed by atoms with Gasteiger partial charge in [0.25, 0.3) is 0 Å². The Kier molecular flexibility index (Phi) is 4.86. The van der Waals surface area contributed by atoms with Crippen molar-refractivity contribution in [2.45, 2.75) is 25.5 Å². The number of anilines is 1. The van der Waals surface area contributed by atoms with Crippen molar-refractivity contribution in [2.24, 2.45) is 0 Å². The maximum Gasteiger partial charge on any atom is 0.152 e. The van der Waals surface area contributed by atoms with Gasteiger partial charge in [-0.05, 0) is 25.0 Å². The van der Waals surface area contributed by atoms with Gasteiger partial charge in [0.05, 0.1) is 18.1 Å². The maximum absolute atomic E-state index is 11.7. The first kappa shape index (κ1) is 14.8. The molecule has 1 N–H and O–H groups in total. The minimum absolute atomic E-state index is 0.0105. The van der Waals surface area contributed by atoms with Gasteiger partial charge in [-0.15, -0.1) is 0 Å². The van der Waals surface area contributed by atoms with Gasteiger partial charge in [-0.25, -0.2) is 8.42 Å². The van der Waals surface area contributed by atoms with Gasteiger partial charge in [-0.1, -0.05) is 22.0 Å². The molecule has 0 aromatic heterocycles. The molecule has 1 atom stereocenters. The molecular weight excluding hydrogens is 330 g/mol. The first-order valence-corrected chi connectivity index (χ1v) is 8.86. The summed E-state index contributed by atoms with van der Waals surface area (Å²) in [6.07, 6.45) is 1.62. The zero-order chi connectivity index (χ0) is 13.9. The number of ether oxygens (including phenoxy) is 1. The van der Waals surface area contributed by atoms with Crippen molar-refractivity contribution in [1.29, 1.82) is 0 Å². The molecular formula is C13H18BrNO3S. The van der Waals surface area contributed by atoms with Crippen LogP contribution in [-0.4, -0.2) is 33.1 Å². The summed E-state index contributed by atoms with van der Waals surface area (Å²) in [6.45, 7) is 0.489. The number of sulfone groups is 1. The second-order valence-corrected chi connectivity index (χ2v) is 7.88. The summed E-state index contributed by atoms with van der Waals surface area (Å²) in [6, 6.07) is 5.84. The molecule has 19 heavy (non-hydrogen) atoms. The van der Waals surface area contributed by atoms with Crippen LogP contribution in [0.3, 0.4) is 0 Å². The Bertz CT molecular complexity index is 545. The van der Waals surface area contributed by atoms with Gasteiger partial charge < -0.3 is 10.1 Å². The normalized spacial score (nSPS) is 22.1. The third-order valence-corrected chi connectivity index (χ3v) is 5.79. The summed E-state index contributed by atoms with van der Waals surface area (Å²) in [5.74, 6) is 0.528. The van der Waals surface area contributed by atoms with Crippen LogP contribution in [0.4, 0.5) is 5.69 Å². The van der Waals surface area contributed by atoms with Gasteiger partial charge in [0.1, 0.15) is 0 Å². The predicted molar refractivity (Wildman–Crippen MR) is 80.2 cm³/mol. The second-order valence-electron chi connectivity index (χ2n) is 4.80. The van der Waals surface area contributed by atoms with Gasteiger partial charge in [0.2, 0.25) is 0 Å². The number of methoxy groups -OCH3 is 1. The highest BCUT2D eigenvalue weighted by Gasteiger charge is 2.25. The lowest BCUT2D eigenvalue weighted by atomic mass is 10.1. The fraction of sp³-hybridized carbons (Fsp3) is 0.538. The van der Waals surface area contributed by atoms with E-state index < -0.39 is 9.84 Å². The van der Waals surface area contributed by atoms with E-state index in [1.54, 1.807) is 7.11 Å². The number of halogens is 1. The fourth-order valence-electron chi connectivity index (χ4n) is 2.34. The monoisotopic (exact) mass is 347 g/mol. The Morgan fingerprint density at radius 1 is 1.47 bits per heavy atom. The van der Waals surface area contributed by atoms with E-state index in [2.05, 4.69) is 21.2 Å². The summed E-state index contributed by atoms with van der Waals surface area (Å²) < 4.78 is 29.5. The molecule has 2 rings (SSSR count). The van der Waals surface area contributed by atoms with E-state index in [0.29, 0.717) is 12.4 Å². The summed E-state index contributed by atoms with van der Waals surface area (Å²) in [5.41, 5.74) is 1.96. The van der Waals surface area contributed by atoms with E-state index in [9.17, 15) is 8.42 Å². The van der Waals surface area contributed by atoms with E-state index in [1.807, 2.05) is 18.2 Å². The van der Waals surface area contributed by atoms with Crippen molar-refractivity contribution in [2.75, 3.05) is 23.9 Å².